The van der Waals surface area contributed by atoms with E-state index in [4.69, 9.17) is 14.5 Å². The summed E-state index contributed by atoms with van der Waals surface area (Å²) in [6.07, 6.45) is 1.13. The molecule has 0 radical (unpaired) electrons. The van der Waals surface area contributed by atoms with Gasteiger partial charge in [0.15, 0.2) is 5.96 Å². The van der Waals surface area contributed by atoms with Crippen molar-refractivity contribution in [3.63, 3.8) is 0 Å². The van der Waals surface area contributed by atoms with Crippen LogP contribution in [0.15, 0.2) is 23.2 Å². The van der Waals surface area contributed by atoms with Crippen LogP contribution in [0.5, 0.6) is 5.75 Å². The Hall–Kier alpha value is -1.75. The SMILES string of the molecule is CCNC(=NCc1ccc(C)cc1OC(C)(C)C)N(C)CC1CCOC1. The number of benzene rings is 1. The summed E-state index contributed by atoms with van der Waals surface area (Å²) in [5.41, 5.74) is 2.08. The third-order valence-corrected chi connectivity index (χ3v) is 4.29. The molecule has 1 aliphatic heterocycles. The van der Waals surface area contributed by atoms with E-state index in [-0.39, 0.29) is 5.60 Å². The number of guanidine groups is 1. The predicted molar refractivity (Wildman–Crippen MR) is 108 cm³/mol. The van der Waals surface area contributed by atoms with Gasteiger partial charge in [0.1, 0.15) is 11.4 Å². The number of hydrogen-bond donors (Lipinski definition) is 1. The van der Waals surface area contributed by atoms with Crippen molar-refractivity contribution in [2.75, 3.05) is 33.4 Å². The minimum atomic E-state index is -0.226. The Balaban J connectivity index is 2.12. The molecule has 1 atom stereocenters. The molecule has 146 valence electrons. The second-order valence-electron chi connectivity index (χ2n) is 8.11. The van der Waals surface area contributed by atoms with Crippen LogP contribution in [0.4, 0.5) is 0 Å². The van der Waals surface area contributed by atoms with Crippen LogP contribution in [0.2, 0.25) is 0 Å². The molecule has 1 aromatic rings. The van der Waals surface area contributed by atoms with Crippen LogP contribution in [0.1, 0.15) is 45.2 Å². The van der Waals surface area contributed by atoms with Gasteiger partial charge in [-0.15, -0.1) is 0 Å². The van der Waals surface area contributed by atoms with Crippen molar-refractivity contribution < 1.29 is 9.47 Å². The van der Waals surface area contributed by atoms with Crippen molar-refractivity contribution >= 4 is 5.96 Å². The molecule has 0 aliphatic carbocycles. The molecule has 26 heavy (non-hydrogen) atoms. The minimum absolute atomic E-state index is 0.226. The third-order valence-electron chi connectivity index (χ3n) is 4.29. The normalized spacial score (nSPS) is 18.1. The average Bonchev–Trinajstić information content (AvgIpc) is 3.04. The molecule has 2 rings (SSSR count). The Morgan fingerprint density at radius 1 is 1.38 bits per heavy atom. The van der Waals surface area contributed by atoms with Gasteiger partial charge in [0.05, 0.1) is 13.2 Å². The first-order valence-electron chi connectivity index (χ1n) is 9.64. The molecule has 0 amide bonds. The number of nitrogens with zero attached hydrogens (tertiary/aromatic N) is 2. The van der Waals surface area contributed by atoms with Crippen LogP contribution in [0, 0.1) is 12.8 Å². The fourth-order valence-corrected chi connectivity index (χ4v) is 3.05. The zero-order valence-electron chi connectivity index (χ0n) is 17.3. The van der Waals surface area contributed by atoms with Gasteiger partial charge in [-0.1, -0.05) is 12.1 Å². The molecule has 1 aromatic carbocycles. The summed E-state index contributed by atoms with van der Waals surface area (Å²) in [5, 5.41) is 3.40. The first-order chi connectivity index (χ1) is 12.3. The smallest absolute Gasteiger partial charge is 0.193 e. The lowest BCUT2D eigenvalue weighted by Crippen LogP contribution is -2.41. The predicted octanol–water partition coefficient (Wildman–Crippen LogP) is 3.61. The summed E-state index contributed by atoms with van der Waals surface area (Å²) >= 11 is 0. The van der Waals surface area contributed by atoms with Gasteiger partial charge in [0.2, 0.25) is 0 Å². The van der Waals surface area contributed by atoms with Crippen molar-refractivity contribution in [1.29, 1.82) is 0 Å². The Morgan fingerprint density at radius 3 is 2.77 bits per heavy atom. The molecule has 1 unspecified atom stereocenters. The van der Waals surface area contributed by atoms with Crippen LogP contribution in [-0.2, 0) is 11.3 Å². The van der Waals surface area contributed by atoms with Gasteiger partial charge in [0, 0.05) is 38.2 Å². The van der Waals surface area contributed by atoms with Gasteiger partial charge in [0.25, 0.3) is 0 Å². The van der Waals surface area contributed by atoms with Crippen molar-refractivity contribution in [2.45, 2.75) is 53.2 Å². The lowest BCUT2D eigenvalue weighted by atomic mass is 10.1. The second-order valence-corrected chi connectivity index (χ2v) is 8.11. The molecule has 1 aliphatic rings. The van der Waals surface area contributed by atoms with Gasteiger partial charge in [-0.3, -0.25) is 0 Å². The summed E-state index contributed by atoms with van der Waals surface area (Å²) in [4.78, 5) is 7.07. The number of rotatable bonds is 6. The monoisotopic (exact) mass is 361 g/mol. The van der Waals surface area contributed by atoms with Crippen LogP contribution in [0.25, 0.3) is 0 Å². The van der Waals surface area contributed by atoms with E-state index >= 15 is 0 Å². The molecule has 5 heteroatoms. The molecule has 0 aromatic heterocycles. The van der Waals surface area contributed by atoms with Crippen molar-refractivity contribution in [3.05, 3.63) is 29.3 Å². The highest BCUT2D eigenvalue weighted by Gasteiger charge is 2.19. The average molecular weight is 362 g/mol. The number of aryl methyl sites for hydroxylation is 1. The first kappa shape index (κ1) is 20.6. The third kappa shape index (κ3) is 6.52. The van der Waals surface area contributed by atoms with E-state index in [1.807, 2.05) is 0 Å². The lowest BCUT2D eigenvalue weighted by molar-refractivity contribution is 0.129. The Bertz CT molecular complexity index is 602. The van der Waals surface area contributed by atoms with E-state index < -0.39 is 0 Å². The Labute approximate surface area is 158 Å². The van der Waals surface area contributed by atoms with E-state index in [2.05, 4.69) is 70.1 Å². The highest BCUT2D eigenvalue weighted by molar-refractivity contribution is 5.79. The first-order valence-corrected chi connectivity index (χ1v) is 9.64. The lowest BCUT2D eigenvalue weighted by Gasteiger charge is -2.25. The number of hydrogen-bond acceptors (Lipinski definition) is 3. The van der Waals surface area contributed by atoms with Crippen LogP contribution in [-0.4, -0.2) is 49.8 Å². The Morgan fingerprint density at radius 2 is 2.15 bits per heavy atom. The molecular formula is C21H35N3O2. The quantitative estimate of drug-likeness (QED) is 0.621. The van der Waals surface area contributed by atoms with E-state index in [1.54, 1.807) is 0 Å². The maximum absolute atomic E-state index is 6.15. The summed E-state index contributed by atoms with van der Waals surface area (Å²) in [6, 6.07) is 6.34. The maximum Gasteiger partial charge on any atom is 0.193 e. The van der Waals surface area contributed by atoms with E-state index in [9.17, 15) is 0 Å². The molecule has 5 nitrogen and oxygen atoms in total. The minimum Gasteiger partial charge on any atom is -0.488 e. The molecule has 1 N–H and O–H groups in total. The molecule has 0 spiro atoms. The molecule has 0 bridgehead atoms. The van der Waals surface area contributed by atoms with Crippen molar-refractivity contribution in [1.82, 2.24) is 10.2 Å². The van der Waals surface area contributed by atoms with Crippen LogP contribution in [0.3, 0.4) is 0 Å². The highest BCUT2D eigenvalue weighted by atomic mass is 16.5. The van der Waals surface area contributed by atoms with Crippen molar-refractivity contribution in [3.8, 4) is 5.75 Å². The summed E-state index contributed by atoms with van der Waals surface area (Å²) in [6.45, 7) is 14.5. The fourth-order valence-electron chi connectivity index (χ4n) is 3.05. The van der Waals surface area contributed by atoms with Crippen LogP contribution < -0.4 is 10.1 Å². The Kier molecular flexibility index (Phi) is 7.33. The maximum atomic E-state index is 6.15. The second kappa shape index (κ2) is 9.26. The summed E-state index contributed by atoms with van der Waals surface area (Å²) in [5.74, 6) is 2.44. The van der Waals surface area contributed by atoms with Gasteiger partial charge >= 0.3 is 0 Å². The zero-order chi connectivity index (χ0) is 19.2. The molecule has 1 heterocycles. The van der Waals surface area contributed by atoms with E-state index in [1.165, 1.54) is 5.56 Å². The fraction of sp³-hybridized carbons (Fsp3) is 0.667. The number of aliphatic imine (C=N–C) groups is 1. The number of ether oxygens (including phenoxy) is 2. The summed E-state index contributed by atoms with van der Waals surface area (Å²) < 4.78 is 11.7. The van der Waals surface area contributed by atoms with Gasteiger partial charge in [-0.25, -0.2) is 4.99 Å². The van der Waals surface area contributed by atoms with Crippen molar-refractivity contribution in [2.24, 2.45) is 10.9 Å². The molecule has 0 saturated carbocycles. The topological polar surface area (TPSA) is 46.1 Å². The van der Waals surface area contributed by atoms with Gasteiger partial charge < -0.3 is 19.7 Å². The number of nitrogens with one attached hydrogen (secondary N) is 1. The molecule has 1 fully saturated rings. The summed E-state index contributed by atoms with van der Waals surface area (Å²) in [7, 11) is 2.10. The van der Waals surface area contributed by atoms with Gasteiger partial charge in [-0.05, 0) is 52.7 Å². The van der Waals surface area contributed by atoms with E-state index in [0.29, 0.717) is 12.5 Å². The van der Waals surface area contributed by atoms with E-state index in [0.717, 1.165) is 50.0 Å². The molecular weight excluding hydrogens is 326 g/mol. The highest BCUT2D eigenvalue weighted by Crippen LogP contribution is 2.25. The molecule has 1 saturated heterocycles. The largest absolute Gasteiger partial charge is 0.488 e. The standard InChI is InChI=1S/C21H35N3O2/c1-7-22-20(24(6)14-17-10-11-25-15-17)23-13-18-9-8-16(2)12-19(18)26-21(3,4)5/h8-9,12,17H,7,10-11,13-15H2,1-6H3,(H,22,23). The zero-order valence-corrected chi connectivity index (χ0v) is 17.3. The van der Waals surface area contributed by atoms with Crippen LogP contribution >= 0.6 is 0 Å². The van der Waals surface area contributed by atoms with Gasteiger partial charge in [-0.2, -0.15) is 0 Å².